The van der Waals surface area contributed by atoms with Gasteiger partial charge in [0.2, 0.25) is 0 Å². The number of rotatable bonds is 12. The predicted octanol–water partition coefficient (Wildman–Crippen LogP) is 2.65. The fourth-order valence-electron chi connectivity index (χ4n) is 3.62. The van der Waals surface area contributed by atoms with Gasteiger partial charge in [0.15, 0.2) is 6.23 Å². The number of halogens is 4. The SMILES string of the molecule is CCCCOC(=O)[C@H](C)NP(=O)(OC[C@H]1O[C@@H](n2ccc(N)nc2=O)[C@](C)(O)[C@@H]1O)Oc1ccccc1Cl.O=C(O)C(F)(F)F. The van der Waals surface area contributed by atoms with Gasteiger partial charge in [0, 0.05) is 6.20 Å². The molecule has 20 heteroatoms. The molecule has 0 radical (unpaired) electrons. The maximum absolute atomic E-state index is 13.7. The number of benzene rings is 1. The van der Waals surface area contributed by atoms with Crippen molar-refractivity contribution in [3.8, 4) is 5.75 Å². The molecule has 2 heterocycles. The van der Waals surface area contributed by atoms with E-state index in [4.69, 9.17) is 45.8 Å². The van der Waals surface area contributed by atoms with Crippen molar-refractivity contribution in [1.29, 1.82) is 0 Å². The molecular weight excluding hydrogens is 656 g/mol. The summed E-state index contributed by atoms with van der Waals surface area (Å²) >= 11 is 6.15. The summed E-state index contributed by atoms with van der Waals surface area (Å²) in [5.41, 5.74) is 2.74. The van der Waals surface area contributed by atoms with Gasteiger partial charge in [0.25, 0.3) is 0 Å². The number of unbranched alkanes of at least 4 members (excludes halogenated alkanes) is 1. The van der Waals surface area contributed by atoms with Gasteiger partial charge in [0.05, 0.1) is 18.2 Å². The van der Waals surface area contributed by atoms with Gasteiger partial charge < -0.3 is 35.1 Å². The molecule has 45 heavy (non-hydrogen) atoms. The monoisotopic (exact) mass is 688 g/mol. The molecule has 15 nitrogen and oxygen atoms in total. The first-order valence-electron chi connectivity index (χ1n) is 13.2. The minimum atomic E-state index is -5.08. The molecule has 1 saturated heterocycles. The van der Waals surface area contributed by atoms with Gasteiger partial charge in [-0.15, -0.1) is 0 Å². The molecule has 2 aromatic rings. The average Bonchev–Trinajstić information content (AvgIpc) is 3.16. The lowest BCUT2D eigenvalue weighted by molar-refractivity contribution is -0.192. The fraction of sp³-hybridized carbons (Fsp3) is 0.520. The number of para-hydroxylation sites is 1. The molecule has 1 fully saturated rings. The summed E-state index contributed by atoms with van der Waals surface area (Å²) in [4.78, 5) is 37.2. The van der Waals surface area contributed by atoms with Crippen LogP contribution in [0.1, 0.15) is 39.8 Å². The molecule has 3 rings (SSSR count). The maximum Gasteiger partial charge on any atom is 0.490 e. The van der Waals surface area contributed by atoms with E-state index in [2.05, 4.69) is 10.1 Å². The van der Waals surface area contributed by atoms with Crippen LogP contribution in [-0.2, 0) is 28.2 Å². The second kappa shape index (κ2) is 15.8. The molecule has 0 saturated carbocycles. The molecule has 0 amide bonds. The van der Waals surface area contributed by atoms with E-state index in [9.17, 15) is 37.5 Å². The Kier molecular flexibility index (Phi) is 13.4. The Morgan fingerprint density at radius 2 is 1.93 bits per heavy atom. The number of ether oxygens (including phenoxy) is 2. The Morgan fingerprint density at radius 3 is 2.49 bits per heavy atom. The second-order valence-electron chi connectivity index (χ2n) is 9.73. The number of nitrogens with two attached hydrogens (primary N) is 1. The average molecular weight is 689 g/mol. The van der Waals surface area contributed by atoms with Crippen LogP contribution in [0.3, 0.4) is 0 Å². The van der Waals surface area contributed by atoms with Crippen molar-refractivity contribution in [2.24, 2.45) is 0 Å². The van der Waals surface area contributed by atoms with Crippen LogP contribution in [0.15, 0.2) is 41.3 Å². The first-order chi connectivity index (χ1) is 20.8. The number of carboxylic acid groups (broad SMARTS) is 1. The highest BCUT2D eigenvalue weighted by Crippen LogP contribution is 2.48. The summed E-state index contributed by atoms with van der Waals surface area (Å²) in [5.74, 6) is -3.46. The molecule has 1 aliphatic rings. The van der Waals surface area contributed by atoms with Crippen LogP contribution in [-0.4, -0.2) is 80.1 Å². The zero-order chi connectivity index (χ0) is 34.2. The van der Waals surface area contributed by atoms with Gasteiger partial charge in [-0.05, 0) is 38.5 Å². The highest BCUT2D eigenvalue weighted by molar-refractivity contribution is 7.52. The van der Waals surface area contributed by atoms with Crippen LogP contribution in [0.25, 0.3) is 0 Å². The highest BCUT2D eigenvalue weighted by Gasteiger charge is 2.54. The number of nitrogens with one attached hydrogen (secondary N) is 1. The highest BCUT2D eigenvalue weighted by atomic mass is 35.5. The number of anilines is 1. The number of aliphatic carboxylic acids is 1. The third-order valence-corrected chi connectivity index (χ3v) is 7.95. The lowest BCUT2D eigenvalue weighted by Crippen LogP contribution is -2.46. The van der Waals surface area contributed by atoms with Crippen molar-refractivity contribution >= 4 is 37.1 Å². The lowest BCUT2D eigenvalue weighted by Gasteiger charge is -2.27. The number of esters is 1. The fourth-order valence-corrected chi connectivity index (χ4v) is 5.37. The topological polar surface area (TPSA) is 222 Å². The number of carboxylic acids is 1. The van der Waals surface area contributed by atoms with Crippen LogP contribution < -0.4 is 21.0 Å². The molecule has 1 aromatic carbocycles. The predicted molar refractivity (Wildman–Crippen MR) is 151 cm³/mol. The summed E-state index contributed by atoms with van der Waals surface area (Å²) in [6, 6.07) is 6.41. The third kappa shape index (κ3) is 10.7. The minimum absolute atomic E-state index is 0.00816. The number of nitrogen functional groups attached to an aromatic ring is 1. The van der Waals surface area contributed by atoms with Crippen molar-refractivity contribution < 1.29 is 61.2 Å². The second-order valence-corrected chi connectivity index (χ2v) is 11.8. The summed E-state index contributed by atoms with van der Waals surface area (Å²) in [5, 5.41) is 31.4. The van der Waals surface area contributed by atoms with Crippen LogP contribution in [0, 0.1) is 0 Å². The largest absolute Gasteiger partial charge is 0.490 e. The Bertz CT molecular complexity index is 1430. The van der Waals surface area contributed by atoms with E-state index in [1.165, 1.54) is 38.2 Å². The van der Waals surface area contributed by atoms with Gasteiger partial charge >= 0.3 is 31.6 Å². The van der Waals surface area contributed by atoms with Gasteiger partial charge in [-0.1, -0.05) is 37.1 Å². The maximum atomic E-state index is 13.7. The van der Waals surface area contributed by atoms with Crippen LogP contribution in [0.2, 0.25) is 5.02 Å². The van der Waals surface area contributed by atoms with E-state index in [0.717, 1.165) is 11.0 Å². The number of hydrogen-bond acceptors (Lipinski definition) is 12. The van der Waals surface area contributed by atoms with E-state index in [0.29, 0.717) is 6.42 Å². The summed E-state index contributed by atoms with van der Waals surface area (Å²) in [6.45, 7) is 4.24. The number of hydrogen-bond donors (Lipinski definition) is 5. The third-order valence-electron chi connectivity index (χ3n) is 6.01. The summed E-state index contributed by atoms with van der Waals surface area (Å²) in [6.07, 6.45) is -6.56. The van der Waals surface area contributed by atoms with E-state index >= 15 is 0 Å². The van der Waals surface area contributed by atoms with Crippen LogP contribution in [0.5, 0.6) is 5.75 Å². The number of carbonyl (C=O) groups excluding carboxylic acids is 1. The molecule has 6 N–H and O–H groups in total. The number of aromatic nitrogens is 2. The molecule has 0 bridgehead atoms. The number of nitrogens with zero attached hydrogens (tertiary/aromatic N) is 2. The molecule has 0 aliphatic carbocycles. The minimum Gasteiger partial charge on any atom is -0.475 e. The van der Waals surface area contributed by atoms with Gasteiger partial charge in [0.1, 0.15) is 35.4 Å². The first-order valence-corrected chi connectivity index (χ1v) is 15.1. The van der Waals surface area contributed by atoms with E-state index in [1.807, 2.05) is 6.92 Å². The molecule has 1 aromatic heterocycles. The van der Waals surface area contributed by atoms with Gasteiger partial charge in [-0.25, -0.2) is 14.2 Å². The summed E-state index contributed by atoms with van der Waals surface area (Å²) < 4.78 is 68.5. The smallest absolute Gasteiger partial charge is 0.475 e. The number of aliphatic hydroxyl groups excluding tert-OH is 1. The van der Waals surface area contributed by atoms with Crippen LogP contribution in [0.4, 0.5) is 19.0 Å². The van der Waals surface area contributed by atoms with Crippen molar-refractivity contribution in [2.45, 2.75) is 69.9 Å². The molecule has 0 spiro atoms. The van der Waals surface area contributed by atoms with E-state index < -0.39 is 68.2 Å². The lowest BCUT2D eigenvalue weighted by atomic mass is 9.96. The number of aliphatic hydroxyl groups is 2. The molecule has 252 valence electrons. The molecule has 6 atom stereocenters. The Balaban J connectivity index is 0.000000900. The molecular formula is C25H33ClF3N4O11P. The van der Waals surface area contributed by atoms with Crippen molar-refractivity contribution in [3.63, 3.8) is 0 Å². The van der Waals surface area contributed by atoms with Crippen LogP contribution >= 0.6 is 19.3 Å². The van der Waals surface area contributed by atoms with E-state index in [-0.39, 0.29) is 23.2 Å². The Morgan fingerprint density at radius 1 is 1.31 bits per heavy atom. The zero-order valence-electron chi connectivity index (χ0n) is 24.1. The zero-order valence-corrected chi connectivity index (χ0v) is 25.8. The number of carbonyl (C=O) groups is 2. The van der Waals surface area contributed by atoms with Crippen molar-refractivity contribution in [2.75, 3.05) is 18.9 Å². The van der Waals surface area contributed by atoms with E-state index in [1.54, 1.807) is 12.1 Å². The van der Waals surface area contributed by atoms with Crippen molar-refractivity contribution in [3.05, 3.63) is 52.0 Å². The summed E-state index contributed by atoms with van der Waals surface area (Å²) in [7, 11) is -4.35. The molecule has 1 unspecified atom stereocenters. The first kappa shape index (κ1) is 37.9. The molecule has 1 aliphatic heterocycles. The quantitative estimate of drug-likeness (QED) is 0.123. The normalized spacial score (nSPS) is 23.3. The standard InChI is InChI=1S/C23H32ClN4O9P.C2HF3O2/c1-4-5-12-34-20(30)14(2)27-38(33,37-16-9-7-6-8-15(16)24)35-13-17-19(29)23(3,32)21(36-17)28-11-10-18(25)26-22(28)31;3-2(4,5)1(6)7/h6-11,14,17,19,21,29,32H,4-5,12-13H2,1-3H3,(H,27,33)(H2,25,26,31);(H,6,7)/t14-,17+,19+,21+,23+,38?;/m0./s1. The Hall–Kier alpha value is -3.25. The number of alkyl halides is 3. The Labute approximate surface area is 259 Å². The van der Waals surface area contributed by atoms with Gasteiger partial charge in [-0.3, -0.25) is 13.9 Å². The van der Waals surface area contributed by atoms with Gasteiger partial charge in [-0.2, -0.15) is 23.2 Å². The van der Waals surface area contributed by atoms with Crippen molar-refractivity contribution in [1.82, 2.24) is 14.6 Å².